The van der Waals surface area contributed by atoms with E-state index in [1.807, 2.05) is 58.8 Å². The third-order valence-corrected chi connectivity index (χ3v) is 5.26. The summed E-state index contributed by atoms with van der Waals surface area (Å²) in [5, 5.41) is 6.11. The largest absolute Gasteiger partial charge is 0.359 e. The highest BCUT2D eigenvalue weighted by atomic mass is 32.1. The summed E-state index contributed by atoms with van der Waals surface area (Å²) in [4.78, 5) is 17.4. The van der Waals surface area contributed by atoms with E-state index in [0.717, 1.165) is 54.6 Å². The van der Waals surface area contributed by atoms with Gasteiger partial charge in [0.15, 0.2) is 5.76 Å². The topological polar surface area (TPSA) is 49.6 Å². The van der Waals surface area contributed by atoms with Gasteiger partial charge in [-0.1, -0.05) is 41.6 Å². The molecule has 3 heterocycles. The molecule has 1 fully saturated rings. The van der Waals surface area contributed by atoms with E-state index in [0.29, 0.717) is 0 Å². The van der Waals surface area contributed by atoms with Crippen molar-refractivity contribution >= 4 is 17.2 Å². The Morgan fingerprint density at radius 1 is 1.08 bits per heavy atom. The van der Waals surface area contributed by atoms with E-state index in [-0.39, 0.29) is 5.91 Å². The zero-order chi connectivity index (χ0) is 17.1. The summed E-state index contributed by atoms with van der Waals surface area (Å²) in [5.74, 6) is 0.998. The highest BCUT2D eigenvalue weighted by molar-refractivity contribution is 7.12. The van der Waals surface area contributed by atoms with Crippen molar-refractivity contribution in [2.75, 3.05) is 26.2 Å². The molecule has 1 aliphatic rings. The number of carbonyl (C=O) groups is 1. The number of nitrogens with zero attached hydrogens (tertiary/aromatic N) is 3. The summed E-state index contributed by atoms with van der Waals surface area (Å²) in [5.41, 5.74) is 1.92. The molecule has 3 aromatic rings. The van der Waals surface area contributed by atoms with E-state index < -0.39 is 0 Å². The van der Waals surface area contributed by atoms with Gasteiger partial charge in [0, 0.05) is 37.8 Å². The Labute approximate surface area is 150 Å². The minimum atomic E-state index is 0.140. The number of piperazine rings is 1. The van der Waals surface area contributed by atoms with Crippen molar-refractivity contribution in [1.82, 2.24) is 15.0 Å². The second-order valence-electron chi connectivity index (χ2n) is 6.09. The molecule has 2 aromatic heterocycles. The summed E-state index contributed by atoms with van der Waals surface area (Å²) in [6.45, 7) is 3.91. The maximum absolute atomic E-state index is 12.4. The van der Waals surface area contributed by atoms with Crippen molar-refractivity contribution in [2.24, 2.45) is 0 Å². The van der Waals surface area contributed by atoms with Gasteiger partial charge in [-0.3, -0.25) is 9.69 Å². The molecular formula is C19H19N3O2S. The Morgan fingerprint density at radius 2 is 1.88 bits per heavy atom. The molecule has 0 atom stereocenters. The molecule has 0 unspecified atom stereocenters. The normalized spacial score (nSPS) is 15.4. The van der Waals surface area contributed by atoms with Crippen LogP contribution in [-0.4, -0.2) is 47.0 Å². The summed E-state index contributed by atoms with van der Waals surface area (Å²) in [7, 11) is 0. The molecule has 1 amide bonds. The van der Waals surface area contributed by atoms with Gasteiger partial charge in [-0.2, -0.15) is 0 Å². The fourth-order valence-electron chi connectivity index (χ4n) is 3.02. The predicted molar refractivity (Wildman–Crippen MR) is 97.4 cm³/mol. The Morgan fingerprint density at radius 3 is 2.60 bits per heavy atom. The minimum Gasteiger partial charge on any atom is -0.359 e. The van der Waals surface area contributed by atoms with Crippen molar-refractivity contribution in [3.8, 4) is 11.3 Å². The number of hydrogen-bond acceptors (Lipinski definition) is 5. The van der Waals surface area contributed by atoms with Crippen LogP contribution in [0.1, 0.15) is 15.4 Å². The molecule has 1 aromatic carbocycles. The molecule has 0 saturated carbocycles. The highest BCUT2D eigenvalue weighted by Gasteiger charge is 2.23. The molecule has 0 bridgehead atoms. The van der Waals surface area contributed by atoms with Crippen molar-refractivity contribution in [1.29, 1.82) is 0 Å². The Bertz CT molecular complexity index is 821. The lowest BCUT2D eigenvalue weighted by atomic mass is 10.1. The van der Waals surface area contributed by atoms with Crippen LogP contribution in [0.4, 0.5) is 0 Å². The van der Waals surface area contributed by atoms with Gasteiger partial charge in [0.2, 0.25) is 0 Å². The zero-order valence-corrected chi connectivity index (χ0v) is 14.6. The number of benzene rings is 1. The van der Waals surface area contributed by atoms with Crippen LogP contribution in [0.5, 0.6) is 0 Å². The van der Waals surface area contributed by atoms with E-state index in [1.165, 1.54) is 11.3 Å². The number of thiophene rings is 1. The maximum atomic E-state index is 12.4. The molecule has 1 aliphatic heterocycles. The van der Waals surface area contributed by atoms with Gasteiger partial charge in [0.1, 0.15) is 5.69 Å². The first-order chi connectivity index (χ1) is 12.3. The molecular weight excluding hydrogens is 334 g/mol. The number of aromatic nitrogens is 1. The molecule has 25 heavy (non-hydrogen) atoms. The molecule has 4 rings (SSSR count). The van der Waals surface area contributed by atoms with E-state index in [1.54, 1.807) is 0 Å². The summed E-state index contributed by atoms with van der Waals surface area (Å²) >= 11 is 1.50. The lowest BCUT2D eigenvalue weighted by Crippen LogP contribution is -2.48. The Balaban J connectivity index is 1.33. The molecule has 0 aliphatic carbocycles. The SMILES string of the molecule is O=C(c1cccs1)N1CCN(Cc2cc(-c3ccccc3)no2)CC1. The van der Waals surface area contributed by atoms with Crippen molar-refractivity contribution in [3.63, 3.8) is 0 Å². The number of carbonyl (C=O) groups excluding carboxylic acids is 1. The second kappa shape index (κ2) is 7.21. The first-order valence-electron chi connectivity index (χ1n) is 8.36. The standard InChI is InChI=1S/C19H19N3O2S/c23-19(18-7-4-12-25-18)22-10-8-21(9-11-22)14-16-13-17(20-24-16)15-5-2-1-3-6-15/h1-7,12-13H,8-11,14H2. The lowest BCUT2D eigenvalue weighted by molar-refractivity contribution is 0.0622. The van der Waals surface area contributed by atoms with Crippen LogP contribution in [-0.2, 0) is 6.54 Å². The first kappa shape index (κ1) is 16.1. The Hall–Kier alpha value is -2.44. The van der Waals surface area contributed by atoms with E-state index in [4.69, 9.17) is 4.52 Å². The van der Waals surface area contributed by atoms with Gasteiger partial charge in [-0.05, 0) is 11.4 Å². The van der Waals surface area contributed by atoms with Crippen LogP contribution in [0.3, 0.4) is 0 Å². The van der Waals surface area contributed by atoms with Crippen molar-refractivity contribution in [3.05, 3.63) is 64.5 Å². The van der Waals surface area contributed by atoms with Gasteiger partial charge >= 0.3 is 0 Å². The average molecular weight is 353 g/mol. The molecule has 0 N–H and O–H groups in total. The third kappa shape index (κ3) is 3.65. The molecule has 5 nitrogen and oxygen atoms in total. The lowest BCUT2D eigenvalue weighted by Gasteiger charge is -2.33. The van der Waals surface area contributed by atoms with Gasteiger partial charge in [-0.25, -0.2) is 0 Å². The number of amides is 1. The summed E-state index contributed by atoms with van der Waals surface area (Å²) in [6, 6.07) is 15.8. The zero-order valence-electron chi connectivity index (χ0n) is 13.8. The molecule has 0 radical (unpaired) electrons. The van der Waals surface area contributed by atoms with Crippen LogP contribution < -0.4 is 0 Å². The fraction of sp³-hybridized carbons (Fsp3) is 0.263. The number of hydrogen-bond donors (Lipinski definition) is 0. The van der Waals surface area contributed by atoms with Crippen LogP contribution >= 0.6 is 11.3 Å². The quantitative estimate of drug-likeness (QED) is 0.722. The van der Waals surface area contributed by atoms with Crippen LogP contribution in [0.25, 0.3) is 11.3 Å². The molecule has 128 valence electrons. The third-order valence-electron chi connectivity index (χ3n) is 4.40. The van der Waals surface area contributed by atoms with E-state index in [2.05, 4.69) is 10.1 Å². The molecule has 1 saturated heterocycles. The fourth-order valence-corrected chi connectivity index (χ4v) is 3.71. The second-order valence-corrected chi connectivity index (χ2v) is 7.04. The van der Waals surface area contributed by atoms with Crippen molar-refractivity contribution < 1.29 is 9.32 Å². The smallest absolute Gasteiger partial charge is 0.264 e. The van der Waals surface area contributed by atoms with Crippen LogP contribution in [0.2, 0.25) is 0 Å². The van der Waals surface area contributed by atoms with Gasteiger partial charge in [0.25, 0.3) is 5.91 Å². The van der Waals surface area contributed by atoms with Gasteiger partial charge in [-0.15, -0.1) is 11.3 Å². The summed E-state index contributed by atoms with van der Waals surface area (Å²) in [6.07, 6.45) is 0. The van der Waals surface area contributed by atoms with Gasteiger partial charge in [0.05, 0.1) is 11.4 Å². The van der Waals surface area contributed by atoms with Crippen LogP contribution in [0.15, 0.2) is 58.4 Å². The molecule has 6 heteroatoms. The minimum absolute atomic E-state index is 0.140. The highest BCUT2D eigenvalue weighted by Crippen LogP contribution is 2.20. The summed E-state index contributed by atoms with van der Waals surface area (Å²) < 4.78 is 5.48. The van der Waals surface area contributed by atoms with Crippen LogP contribution in [0, 0.1) is 0 Å². The monoisotopic (exact) mass is 353 g/mol. The van der Waals surface area contributed by atoms with E-state index >= 15 is 0 Å². The predicted octanol–water partition coefficient (Wildman–Crippen LogP) is 3.36. The maximum Gasteiger partial charge on any atom is 0.264 e. The Kier molecular flexibility index (Phi) is 4.63. The van der Waals surface area contributed by atoms with Crippen molar-refractivity contribution in [2.45, 2.75) is 6.54 Å². The van der Waals surface area contributed by atoms with Gasteiger partial charge < -0.3 is 9.42 Å². The van der Waals surface area contributed by atoms with E-state index in [9.17, 15) is 4.79 Å². The number of rotatable bonds is 4. The first-order valence-corrected chi connectivity index (χ1v) is 9.24. The molecule has 0 spiro atoms. The average Bonchev–Trinajstić information content (AvgIpc) is 3.35.